The molecule has 532 valence electrons. The Kier molecular flexibility index (Phi) is 14.7. The van der Waals surface area contributed by atoms with Gasteiger partial charge < -0.3 is 27.1 Å². The number of furan rings is 2. The van der Waals surface area contributed by atoms with Gasteiger partial charge in [-0.2, -0.15) is 0 Å². The van der Waals surface area contributed by atoms with Gasteiger partial charge in [0.2, 0.25) is 0 Å². The van der Waals surface area contributed by atoms with Gasteiger partial charge in [-0.1, -0.05) is 255 Å². The fourth-order valence-electron chi connectivity index (χ4n) is 17.2. The van der Waals surface area contributed by atoms with Gasteiger partial charge >= 0.3 is 0 Å². The van der Waals surface area contributed by atoms with E-state index in [0.29, 0.717) is 34.9 Å². The molecule has 0 saturated carbocycles. The zero-order chi connectivity index (χ0) is 74.9. The minimum absolute atomic E-state index is 0.621. The fraction of sp³-hybridized carbons (Fsp3) is 0. The Hall–Kier alpha value is -15.7. The first kappa shape index (κ1) is 64.3. The number of benzene rings is 16. The Morgan fingerprint density at radius 3 is 0.851 bits per heavy atom. The number of hydrogen-bond acceptors (Lipinski definition) is 8. The molecule has 12 heteroatoms. The Balaban J connectivity index is 0.000000135. The van der Waals surface area contributed by atoms with Crippen LogP contribution in [0, 0.1) is 0 Å². The molecule has 12 nitrogen and oxygen atoms in total. The minimum Gasteiger partial charge on any atom is -0.454 e. The van der Waals surface area contributed by atoms with Gasteiger partial charge in [-0.15, -0.1) is 0 Å². The largest absolute Gasteiger partial charge is 0.454 e. The summed E-state index contributed by atoms with van der Waals surface area (Å²) in [6.07, 6.45) is 0. The van der Waals surface area contributed by atoms with Gasteiger partial charge in [0.25, 0.3) is 0 Å². The Bertz CT molecular complexity index is 7860. The summed E-state index contributed by atoms with van der Waals surface area (Å²) in [7, 11) is 0. The predicted molar refractivity (Wildman–Crippen MR) is 464 cm³/mol. The lowest BCUT2D eigenvalue weighted by molar-refractivity contribution is 0.670. The van der Waals surface area contributed by atoms with Crippen molar-refractivity contribution >= 4 is 131 Å². The average Bonchev–Trinajstić information content (AvgIpc) is 1.56. The van der Waals surface area contributed by atoms with Crippen molar-refractivity contribution in [3.8, 4) is 91.1 Å². The molecule has 0 fully saturated rings. The molecular weight excluding hydrogens is 1400 g/mol. The van der Waals surface area contributed by atoms with Crippen molar-refractivity contribution in [3.05, 3.63) is 376 Å². The van der Waals surface area contributed by atoms with E-state index < -0.39 is 0 Å². The second-order valence-corrected chi connectivity index (χ2v) is 28.9. The summed E-state index contributed by atoms with van der Waals surface area (Å²) in [6, 6.07) is 131. The van der Waals surface area contributed by atoms with Crippen molar-refractivity contribution in [1.29, 1.82) is 0 Å². The molecule has 0 N–H and O–H groups in total. The van der Waals surface area contributed by atoms with Gasteiger partial charge in [0, 0.05) is 121 Å². The summed E-state index contributed by atoms with van der Waals surface area (Å²) < 4.78 is 22.7. The summed E-state index contributed by atoms with van der Waals surface area (Å²) >= 11 is 0. The third-order valence-corrected chi connectivity index (χ3v) is 22.3. The minimum atomic E-state index is 0.621. The van der Waals surface area contributed by atoms with Gasteiger partial charge in [-0.05, 0) is 121 Å². The summed E-state index contributed by atoms with van der Waals surface area (Å²) in [5.41, 5.74) is 22.3. The summed E-state index contributed by atoms with van der Waals surface area (Å²) in [4.78, 5) is 29.8. The van der Waals surface area contributed by atoms with E-state index in [4.69, 9.17) is 38.7 Å². The van der Waals surface area contributed by atoms with Crippen LogP contribution in [0.5, 0.6) is 0 Å². The molecule has 114 heavy (non-hydrogen) atoms. The molecule has 8 heterocycles. The maximum Gasteiger partial charge on any atom is 0.164 e. The summed E-state index contributed by atoms with van der Waals surface area (Å²) in [6.45, 7) is 0. The lowest BCUT2D eigenvalue weighted by Crippen LogP contribution is -2.01. The first-order chi connectivity index (χ1) is 56.5. The normalized spacial score (nSPS) is 11.9. The number of para-hydroxylation sites is 6. The van der Waals surface area contributed by atoms with Crippen LogP contribution in [-0.4, -0.2) is 48.2 Å². The summed E-state index contributed by atoms with van der Waals surface area (Å²) in [5, 5.41) is 13.9. The molecular formula is C102H62N10O2. The molecule has 0 aliphatic heterocycles. The van der Waals surface area contributed by atoms with Crippen molar-refractivity contribution in [2.24, 2.45) is 0 Å². The lowest BCUT2D eigenvalue weighted by Gasteiger charge is -2.12. The van der Waals surface area contributed by atoms with E-state index in [0.717, 1.165) is 150 Å². The van der Waals surface area contributed by atoms with Gasteiger partial charge in [0.05, 0.1) is 44.1 Å². The van der Waals surface area contributed by atoms with Gasteiger partial charge in [-0.25, -0.2) is 29.9 Å². The van der Waals surface area contributed by atoms with Crippen LogP contribution in [0.1, 0.15) is 0 Å². The van der Waals surface area contributed by atoms with Crippen LogP contribution in [-0.2, 0) is 0 Å². The van der Waals surface area contributed by atoms with Crippen molar-refractivity contribution < 1.29 is 8.83 Å². The highest BCUT2D eigenvalue weighted by Crippen LogP contribution is 2.45. The highest BCUT2D eigenvalue weighted by atomic mass is 16.3. The fourth-order valence-corrected chi connectivity index (χ4v) is 17.2. The van der Waals surface area contributed by atoms with E-state index in [1.54, 1.807) is 0 Å². The molecule has 0 aliphatic rings. The first-order valence-electron chi connectivity index (χ1n) is 38.2. The van der Waals surface area contributed by atoms with Crippen LogP contribution in [0.15, 0.2) is 385 Å². The van der Waals surface area contributed by atoms with Gasteiger partial charge in [0.15, 0.2) is 46.1 Å². The Labute approximate surface area is 651 Å². The van der Waals surface area contributed by atoms with Crippen molar-refractivity contribution in [2.75, 3.05) is 0 Å². The van der Waals surface area contributed by atoms with E-state index >= 15 is 0 Å². The van der Waals surface area contributed by atoms with Crippen molar-refractivity contribution in [1.82, 2.24) is 48.2 Å². The topological polar surface area (TPSA) is 123 Å². The van der Waals surface area contributed by atoms with Crippen molar-refractivity contribution in [2.45, 2.75) is 0 Å². The van der Waals surface area contributed by atoms with Crippen LogP contribution in [0.25, 0.3) is 222 Å². The van der Waals surface area contributed by atoms with Crippen LogP contribution in [0.4, 0.5) is 0 Å². The quantitative estimate of drug-likeness (QED) is 0.133. The smallest absolute Gasteiger partial charge is 0.164 e. The van der Waals surface area contributed by atoms with E-state index in [9.17, 15) is 0 Å². The van der Waals surface area contributed by atoms with E-state index in [1.165, 1.54) is 37.7 Å². The molecule has 8 aromatic heterocycles. The summed E-state index contributed by atoms with van der Waals surface area (Å²) in [5.74, 6) is 3.82. The SMILES string of the molecule is c1ccc(-c2nc(-c3ccccc3)nc(-c3ccc(-n4c5ccccc5c5cc(-n6c7ccccc7c7ccc8c9ccccc9oc8c76)ccc54)cc3)n2)cc1.c1ccc(-c2nc(-c3ccccc3)nc(-c3cccc(-n4c5ccccc5c5cc(-n6c7ccccc7c7ccc8c9ccccc9oc8c76)ccc54)c3)n2)cc1. The van der Waals surface area contributed by atoms with Crippen LogP contribution < -0.4 is 0 Å². The number of hydrogen-bond donors (Lipinski definition) is 0. The maximum atomic E-state index is 6.65. The molecule has 0 bridgehead atoms. The molecule has 0 spiro atoms. The Morgan fingerprint density at radius 2 is 0.447 bits per heavy atom. The number of nitrogens with zero attached hydrogens (tertiary/aromatic N) is 10. The zero-order valence-corrected chi connectivity index (χ0v) is 61.1. The molecule has 0 atom stereocenters. The number of fused-ring (bicyclic) bond motifs is 20. The maximum absolute atomic E-state index is 6.65. The molecule has 0 aliphatic carbocycles. The van der Waals surface area contributed by atoms with E-state index in [2.05, 4.69) is 261 Å². The highest BCUT2D eigenvalue weighted by molar-refractivity contribution is 6.24. The highest BCUT2D eigenvalue weighted by Gasteiger charge is 2.25. The van der Waals surface area contributed by atoms with Crippen LogP contribution in [0.3, 0.4) is 0 Å². The zero-order valence-electron chi connectivity index (χ0n) is 61.1. The molecule has 24 rings (SSSR count). The van der Waals surface area contributed by atoms with Gasteiger partial charge in [-0.3, -0.25) is 0 Å². The van der Waals surface area contributed by atoms with Gasteiger partial charge in [0.1, 0.15) is 11.2 Å². The average molecular weight is 1460 g/mol. The number of aromatic nitrogens is 10. The van der Waals surface area contributed by atoms with Crippen molar-refractivity contribution in [3.63, 3.8) is 0 Å². The van der Waals surface area contributed by atoms with Crippen LogP contribution >= 0.6 is 0 Å². The Morgan fingerprint density at radius 1 is 0.167 bits per heavy atom. The monoisotopic (exact) mass is 1460 g/mol. The first-order valence-corrected chi connectivity index (χ1v) is 38.2. The predicted octanol–water partition coefficient (Wildman–Crippen LogP) is 25.9. The standard InChI is InChI=1S/2C51H31N5O/c1-3-14-32(15-4-1)49-52-50(33-16-5-2-6-17-33)54-51(53-49)34-18-13-19-35(30-34)55-43-23-10-8-21-38(43)42-31-36(26-29-45(42)55)56-44-24-11-7-20-37(44)40-27-28-41-39-22-9-12-25-46(39)57-48(41)47(40)56;1-3-13-32(14-4-1)49-52-50(33-15-5-2-6-16-33)54-51(53-49)34-23-25-35(26-24-34)55-43-20-10-8-18-38(43)42-31-36(27-30-45(42)55)56-44-21-11-7-17-37(44)40-28-29-41-39-19-9-12-22-46(39)57-48(41)47(40)56/h2*1-31H. The second kappa shape index (κ2) is 26.0. The second-order valence-electron chi connectivity index (χ2n) is 28.9. The van der Waals surface area contributed by atoms with Crippen LogP contribution in [0.2, 0.25) is 0 Å². The van der Waals surface area contributed by atoms with E-state index in [-0.39, 0.29) is 0 Å². The molecule has 24 aromatic rings. The molecule has 0 amide bonds. The number of rotatable bonds is 10. The van der Waals surface area contributed by atoms with E-state index in [1.807, 2.05) is 133 Å². The third kappa shape index (κ3) is 10.4. The lowest BCUT2D eigenvalue weighted by atomic mass is 10.1. The molecule has 0 saturated heterocycles. The molecule has 16 aromatic carbocycles. The third-order valence-electron chi connectivity index (χ3n) is 22.3. The molecule has 0 unspecified atom stereocenters. The molecule has 0 radical (unpaired) electrons.